The zero-order chi connectivity index (χ0) is 10.4. The summed E-state index contributed by atoms with van der Waals surface area (Å²) in [7, 11) is 0. The van der Waals surface area contributed by atoms with Crippen molar-refractivity contribution in [1.29, 1.82) is 0 Å². The first-order valence-electron chi connectivity index (χ1n) is 4.52. The van der Waals surface area contributed by atoms with Crippen molar-refractivity contribution in [3.05, 3.63) is 45.9 Å². The second-order valence-electron chi connectivity index (χ2n) is 3.36. The van der Waals surface area contributed by atoms with Crippen molar-refractivity contribution in [2.75, 3.05) is 0 Å². The Morgan fingerprint density at radius 2 is 1.80 bits per heavy atom. The van der Waals surface area contributed by atoms with E-state index >= 15 is 0 Å². The molecule has 3 heteroatoms. The highest BCUT2D eigenvalue weighted by Crippen LogP contribution is 2.34. The number of halogens is 2. The molecule has 0 fully saturated rings. The van der Waals surface area contributed by atoms with E-state index in [1.165, 1.54) is 0 Å². The van der Waals surface area contributed by atoms with E-state index < -0.39 is 0 Å². The third-order valence-electron chi connectivity index (χ3n) is 2.42. The molecule has 74 valence electrons. The van der Waals surface area contributed by atoms with Gasteiger partial charge in [-0.3, -0.25) is 0 Å². The number of rotatable bonds is 0. The second kappa shape index (κ2) is 3.26. The van der Waals surface area contributed by atoms with E-state index in [0.29, 0.717) is 5.02 Å². The summed E-state index contributed by atoms with van der Waals surface area (Å²) < 4.78 is 6.56. The average Bonchev–Trinajstić information content (AvgIpc) is 2.57. The van der Waals surface area contributed by atoms with E-state index in [-0.39, 0.29) is 0 Å². The number of hydrogen-bond donors (Lipinski definition) is 0. The molecule has 0 spiro atoms. The van der Waals surface area contributed by atoms with E-state index in [2.05, 4.69) is 15.9 Å². The molecule has 2 aromatic carbocycles. The Morgan fingerprint density at radius 3 is 2.67 bits per heavy atom. The smallest absolute Gasteiger partial charge is 0.136 e. The van der Waals surface area contributed by atoms with Gasteiger partial charge in [-0.2, -0.15) is 0 Å². The quantitative estimate of drug-likeness (QED) is 0.565. The van der Waals surface area contributed by atoms with Crippen LogP contribution in [0.2, 0.25) is 5.02 Å². The van der Waals surface area contributed by atoms with Crippen molar-refractivity contribution in [2.45, 2.75) is 0 Å². The molecule has 0 aliphatic heterocycles. The molecule has 1 aromatic heterocycles. The molecular formula is C12H6BrClO. The summed E-state index contributed by atoms with van der Waals surface area (Å²) in [5.74, 6) is 0. The van der Waals surface area contributed by atoms with E-state index in [0.717, 1.165) is 26.4 Å². The van der Waals surface area contributed by atoms with Gasteiger partial charge in [0.15, 0.2) is 0 Å². The monoisotopic (exact) mass is 280 g/mol. The predicted molar refractivity (Wildman–Crippen MR) is 66.4 cm³/mol. The van der Waals surface area contributed by atoms with Gasteiger partial charge in [0.2, 0.25) is 0 Å². The zero-order valence-electron chi connectivity index (χ0n) is 7.63. The molecule has 0 saturated carbocycles. The lowest BCUT2D eigenvalue weighted by Gasteiger charge is -1.94. The maximum absolute atomic E-state index is 6.06. The normalized spacial score (nSPS) is 11.3. The zero-order valence-corrected chi connectivity index (χ0v) is 9.97. The fraction of sp³-hybridized carbons (Fsp3) is 0. The number of hydrogen-bond acceptors (Lipinski definition) is 1. The van der Waals surface area contributed by atoms with Gasteiger partial charge >= 0.3 is 0 Å². The molecular weight excluding hydrogens is 275 g/mol. The molecule has 0 atom stereocenters. The van der Waals surface area contributed by atoms with Crippen LogP contribution in [0, 0.1) is 0 Å². The van der Waals surface area contributed by atoms with E-state index in [4.69, 9.17) is 16.0 Å². The predicted octanol–water partition coefficient (Wildman–Crippen LogP) is 5.00. The Labute approximate surface area is 99.8 Å². The van der Waals surface area contributed by atoms with Crippen molar-refractivity contribution in [1.82, 2.24) is 0 Å². The van der Waals surface area contributed by atoms with Crippen LogP contribution in [0.5, 0.6) is 0 Å². The van der Waals surface area contributed by atoms with Gasteiger partial charge in [0.05, 0.1) is 5.02 Å². The molecule has 0 saturated heterocycles. The molecule has 0 amide bonds. The van der Waals surface area contributed by atoms with Gasteiger partial charge in [-0.05, 0) is 34.1 Å². The lowest BCUT2D eigenvalue weighted by atomic mass is 10.1. The molecule has 0 unspecified atom stereocenters. The van der Waals surface area contributed by atoms with Crippen molar-refractivity contribution in [3.63, 3.8) is 0 Å². The van der Waals surface area contributed by atoms with Crippen LogP contribution in [-0.4, -0.2) is 0 Å². The van der Waals surface area contributed by atoms with Crippen LogP contribution in [0.15, 0.2) is 45.3 Å². The molecule has 15 heavy (non-hydrogen) atoms. The highest BCUT2D eigenvalue weighted by Gasteiger charge is 2.08. The molecule has 0 bridgehead atoms. The summed E-state index contributed by atoms with van der Waals surface area (Å²) in [6.45, 7) is 0. The molecule has 0 aliphatic carbocycles. The SMILES string of the molecule is Clc1cc2c(cc1Br)oc1ccccc12. The number of benzene rings is 2. The minimum Gasteiger partial charge on any atom is -0.456 e. The largest absolute Gasteiger partial charge is 0.456 e. The van der Waals surface area contributed by atoms with Crippen LogP contribution in [0.1, 0.15) is 0 Å². The third-order valence-corrected chi connectivity index (χ3v) is 3.62. The fourth-order valence-electron chi connectivity index (χ4n) is 1.72. The maximum atomic E-state index is 6.06. The third kappa shape index (κ3) is 1.36. The average molecular weight is 282 g/mol. The Kier molecular flexibility index (Phi) is 2.01. The lowest BCUT2D eigenvalue weighted by Crippen LogP contribution is -1.69. The van der Waals surface area contributed by atoms with Crippen molar-refractivity contribution in [2.24, 2.45) is 0 Å². The van der Waals surface area contributed by atoms with Crippen LogP contribution < -0.4 is 0 Å². The highest BCUT2D eigenvalue weighted by atomic mass is 79.9. The Hall–Kier alpha value is -0.990. The summed E-state index contributed by atoms with van der Waals surface area (Å²) in [4.78, 5) is 0. The van der Waals surface area contributed by atoms with Crippen LogP contribution >= 0.6 is 27.5 Å². The van der Waals surface area contributed by atoms with Gasteiger partial charge in [-0.15, -0.1) is 0 Å². The van der Waals surface area contributed by atoms with Gasteiger partial charge < -0.3 is 4.42 Å². The molecule has 3 rings (SSSR count). The van der Waals surface area contributed by atoms with Gasteiger partial charge in [0, 0.05) is 15.2 Å². The minimum atomic E-state index is 0.703. The topological polar surface area (TPSA) is 13.1 Å². The summed E-state index contributed by atoms with van der Waals surface area (Å²) in [6, 6.07) is 11.8. The van der Waals surface area contributed by atoms with Gasteiger partial charge in [0.25, 0.3) is 0 Å². The molecule has 1 nitrogen and oxygen atoms in total. The summed E-state index contributed by atoms with van der Waals surface area (Å²) in [5.41, 5.74) is 1.74. The van der Waals surface area contributed by atoms with Gasteiger partial charge in [-0.1, -0.05) is 29.8 Å². The van der Waals surface area contributed by atoms with Crippen molar-refractivity contribution >= 4 is 49.5 Å². The maximum Gasteiger partial charge on any atom is 0.136 e. The summed E-state index contributed by atoms with van der Waals surface area (Å²) in [6.07, 6.45) is 0. The summed E-state index contributed by atoms with van der Waals surface area (Å²) in [5, 5.41) is 2.86. The van der Waals surface area contributed by atoms with Crippen LogP contribution in [0.4, 0.5) is 0 Å². The molecule has 1 heterocycles. The first kappa shape index (κ1) is 9.25. The highest BCUT2D eigenvalue weighted by molar-refractivity contribution is 9.10. The number of furan rings is 1. The first-order valence-corrected chi connectivity index (χ1v) is 5.69. The standard InChI is InChI=1S/C12H6BrClO/c13-9-6-12-8(5-10(9)14)7-3-1-2-4-11(7)15-12/h1-6H. The van der Waals surface area contributed by atoms with Gasteiger partial charge in [-0.25, -0.2) is 0 Å². The van der Waals surface area contributed by atoms with Crippen LogP contribution in [0.25, 0.3) is 21.9 Å². The first-order chi connectivity index (χ1) is 7.25. The number of para-hydroxylation sites is 1. The van der Waals surface area contributed by atoms with Crippen LogP contribution in [-0.2, 0) is 0 Å². The molecule has 0 aliphatic rings. The second-order valence-corrected chi connectivity index (χ2v) is 4.62. The molecule has 3 aromatic rings. The van der Waals surface area contributed by atoms with Crippen molar-refractivity contribution in [3.8, 4) is 0 Å². The lowest BCUT2D eigenvalue weighted by molar-refractivity contribution is 0.668. The Bertz CT molecular complexity index is 657. The van der Waals surface area contributed by atoms with Crippen LogP contribution in [0.3, 0.4) is 0 Å². The molecule has 0 N–H and O–H groups in total. The van der Waals surface area contributed by atoms with E-state index in [1.807, 2.05) is 36.4 Å². The molecule has 0 radical (unpaired) electrons. The number of fused-ring (bicyclic) bond motifs is 3. The van der Waals surface area contributed by atoms with E-state index in [9.17, 15) is 0 Å². The fourth-order valence-corrected chi connectivity index (χ4v) is 2.21. The Balaban J connectivity index is 2.56. The summed E-state index contributed by atoms with van der Waals surface area (Å²) >= 11 is 9.44. The minimum absolute atomic E-state index is 0.703. The Morgan fingerprint density at radius 1 is 1.00 bits per heavy atom. The van der Waals surface area contributed by atoms with Crippen molar-refractivity contribution < 1.29 is 4.42 Å². The van der Waals surface area contributed by atoms with E-state index in [1.54, 1.807) is 0 Å². The van der Waals surface area contributed by atoms with Gasteiger partial charge in [0.1, 0.15) is 11.2 Å².